The first kappa shape index (κ1) is 11.5. The lowest BCUT2D eigenvalue weighted by Gasteiger charge is -2.21. The number of benzene rings is 2. The Balaban J connectivity index is 1.97. The van der Waals surface area contributed by atoms with Gasteiger partial charge in [0.1, 0.15) is 0 Å². The van der Waals surface area contributed by atoms with Gasteiger partial charge >= 0.3 is 0 Å². The zero-order valence-corrected chi connectivity index (χ0v) is 11.6. The molecule has 0 atom stereocenters. The fraction of sp³-hybridized carbons (Fsp3) is 0.158. The minimum Gasteiger partial charge on any atom is -0.340 e. The monoisotopic (exact) mass is 259 g/mol. The number of fused-ring (bicyclic) bond motifs is 3. The van der Waals surface area contributed by atoms with Gasteiger partial charge in [0.2, 0.25) is 0 Å². The molecule has 0 bridgehead atoms. The van der Waals surface area contributed by atoms with E-state index in [0.717, 1.165) is 13.0 Å². The number of nitrogens with zero attached hydrogens (tertiary/aromatic N) is 1. The average molecular weight is 259 g/mol. The Hall–Kier alpha value is -2.28. The van der Waals surface area contributed by atoms with Gasteiger partial charge in [-0.2, -0.15) is 0 Å². The maximum absolute atomic E-state index is 2.48. The second kappa shape index (κ2) is 4.38. The molecule has 0 amide bonds. The molecule has 0 fully saturated rings. The molecule has 0 N–H and O–H groups in total. The van der Waals surface area contributed by atoms with Gasteiger partial charge in [0, 0.05) is 17.8 Å². The fourth-order valence-electron chi connectivity index (χ4n) is 3.34. The Morgan fingerprint density at radius 2 is 1.65 bits per heavy atom. The SMILES string of the molecule is Cc1cc2n(c1-c1ccccc1)CCc1ccccc1-2. The van der Waals surface area contributed by atoms with Gasteiger partial charge in [-0.25, -0.2) is 0 Å². The van der Waals surface area contributed by atoms with E-state index >= 15 is 0 Å². The van der Waals surface area contributed by atoms with Gasteiger partial charge < -0.3 is 4.57 Å². The molecule has 2 heterocycles. The van der Waals surface area contributed by atoms with E-state index < -0.39 is 0 Å². The lowest BCUT2D eigenvalue weighted by molar-refractivity contribution is 0.694. The van der Waals surface area contributed by atoms with E-state index in [9.17, 15) is 0 Å². The summed E-state index contributed by atoms with van der Waals surface area (Å²) in [5.41, 5.74) is 8.28. The molecule has 4 rings (SSSR count). The van der Waals surface area contributed by atoms with Crippen LogP contribution in [0.2, 0.25) is 0 Å². The molecule has 1 aliphatic rings. The highest BCUT2D eigenvalue weighted by Gasteiger charge is 2.20. The van der Waals surface area contributed by atoms with Crippen LogP contribution in [-0.2, 0) is 13.0 Å². The molecule has 98 valence electrons. The first-order valence-corrected chi connectivity index (χ1v) is 7.18. The first-order valence-electron chi connectivity index (χ1n) is 7.18. The molecule has 0 saturated heterocycles. The largest absolute Gasteiger partial charge is 0.340 e. The van der Waals surface area contributed by atoms with Crippen molar-refractivity contribution >= 4 is 0 Å². The highest BCUT2D eigenvalue weighted by Crippen LogP contribution is 2.37. The standard InChI is InChI=1S/C19H17N/c1-14-13-18-17-10-6-5-7-15(17)11-12-20(18)19(14)16-8-3-2-4-9-16/h2-10,13H,11-12H2,1H3. The van der Waals surface area contributed by atoms with Crippen molar-refractivity contribution in [2.45, 2.75) is 19.9 Å². The van der Waals surface area contributed by atoms with Crippen LogP contribution in [-0.4, -0.2) is 4.57 Å². The van der Waals surface area contributed by atoms with Crippen molar-refractivity contribution < 1.29 is 0 Å². The normalized spacial score (nSPS) is 12.8. The van der Waals surface area contributed by atoms with Crippen molar-refractivity contribution in [2.75, 3.05) is 0 Å². The number of aryl methyl sites for hydroxylation is 2. The minimum atomic E-state index is 1.07. The molecular weight excluding hydrogens is 242 g/mol. The molecule has 3 aromatic rings. The smallest absolute Gasteiger partial charge is 0.0515 e. The second-order valence-corrected chi connectivity index (χ2v) is 5.49. The Bertz CT molecular complexity index is 766. The number of rotatable bonds is 1. The van der Waals surface area contributed by atoms with E-state index in [1.54, 1.807) is 0 Å². The molecule has 0 aliphatic carbocycles. The minimum absolute atomic E-state index is 1.07. The lowest BCUT2D eigenvalue weighted by Crippen LogP contribution is -2.11. The average Bonchev–Trinajstić information content (AvgIpc) is 2.84. The summed E-state index contributed by atoms with van der Waals surface area (Å²) in [6, 6.07) is 21.8. The van der Waals surface area contributed by atoms with Crippen LogP contribution in [0.1, 0.15) is 11.1 Å². The maximum atomic E-state index is 2.48. The summed E-state index contributed by atoms with van der Waals surface area (Å²) in [5, 5.41) is 0. The van der Waals surface area contributed by atoms with Crippen molar-refractivity contribution in [1.82, 2.24) is 4.57 Å². The molecule has 1 nitrogen and oxygen atoms in total. The Morgan fingerprint density at radius 3 is 2.50 bits per heavy atom. The van der Waals surface area contributed by atoms with Gasteiger partial charge in [-0.05, 0) is 36.1 Å². The highest BCUT2D eigenvalue weighted by atomic mass is 15.0. The number of aromatic nitrogens is 1. The fourth-order valence-corrected chi connectivity index (χ4v) is 3.34. The van der Waals surface area contributed by atoms with Gasteiger partial charge in [0.05, 0.1) is 5.69 Å². The van der Waals surface area contributed by atoms with E-state index in [1.807, 2.05) is 0 Å². The molecule has 0 spiro atoms. The van der Waals surface area contributed by atoms with Crippen LogP contribution in [0.25, 0.3) is 22.5 Å². The van der Waals surface area contributed by atoms with Crippen LogP contribution in [0.3, 0.4) is 0 Å². The van der Waals surface area contributed by atoms with Gasteiger partial charge in [-0.15, -0.1) is 0 Å². The van der Waals surface area contributed by atoms with E-state index in [1.165, 1.54) is 33.6 Å². The van der Waals surface area contributed by atoms with Crippen molar-refractivity contribution in [2.24, 2.45) is 0 Å². The van der Waals surface area contributed by atoms with Gasteiger partial charge in [-0.3, -0.25) is 0 Å². The van der Waals surface area contributed by atoms with Crippen molar-refractivity contribution in [3.05, 3.63) is 71.8 Å². The predicted octanol–water partition coefficient (Wildman–Crippen LogP) is 4.69. The Kier molecular flexibility index (Phi) is 2.53. The molecule has 0 saturated carbocycles. The molecule has 0 unspecified atom stereocenters. The van der Waals surface area contributed by atoms with Crippen LogP contribution < -0.4 is 0 Å². The topological polar surface area (TPSA) is 4.93 Å². The summed E-state index contributed by atoms with van der Waals surface area (Å²) in [4.78, 5) is 0. The highest BCUT2D eigenvalue weighted by molar-refractivity contribution is 5.75. The lowest BCUT2D eigenvalue weighted by atomic mass is 9.99. The summed E-state index contributed by atoms with van der Waals surface area (Å²) < 4.78 is 2.48. The Labute approximate surface area is 119 Å². The van der Waals surface area contributed by atoms with Crippen LogP contribution >= 0.6 is 0 Å². The molecular formula is C19H17N. The quantitative estimate of drug-likeness (QED) is 0.597. The zero-order valence-electron chi connectivity index (χ0n) is 11.6. The van der Waals surface area contributed by atoms with E-state index in [2.05, 4.69) is 72.2 Å². The first-order chi connectivity index (χ1) is 9.84. The number of hydrogen-bond donors (Lipinski definition) is 0. The third kappa shape index (κ3) is 1.63. The summed E-state index contributed by atoms with van der Waals surface area (Å²) in [7, 11) is 0. The van der Waals surface area contributed by atoms with Crippen LogP contribution in [0.5, 0.6) is 0 Å². The summed E-state index contributed by atoms with van der Waals surface area (Å²) in [6.07, 6.45) is 1.12. The predicted molar refractivity (Wildman–Crippen MR) is 83.7 cm³/mol. The molecule has 0 radical (unpaired) electrons. The molecule has 1 aromatic heterocycles. The van der Waals surface area contributed by atoms with Crippen LogP contribution in [0.4, 0.5) is 0 Å². The van der Waals surface area contributed by atoms with E-state index in [-0.39, 0.29) is 0 Å². The summed E-state index contributed by atoms with van der Waals surface area (Å²) in [6.45, 7) is 3.29. The van der Waals surface area contributed by atoms with Crippen LogP contribution in [0, 0.1) is 6.92 Å². The third-order valence-electron chi connectivity index (χ3n) is 4.23. The zero-order chi connectivity index (χ0) is 13.5. The van der Waals surface area contributed by atoms with Gasteiger partial charge in [0.25, 0.3) is 0 Å². The molecule has 1 aliphatic heterocycles. The summed E-state index contributed by atoms with van der Waals surface area (Å²) >= 11 is 0. The van der Waals surface area contributed by atoms with Crippen molar-refractivity contribution in [3.63, 3.8) is 0 Å². The number of hydrogen-bond acceptors (Lipinski definition) is 0. The van der Waals surface area contributed by atoms with E-state index in [0.29, 0.717) is 0 Å². The molecule has 1 heteroatoms. The van der Waals surface area contributed by atoms with Gasteiger partial charge in [0.15, 0.2) is 0 Å². The second-order valence-electron chi connectivity index (χ2n) is 5.49. The summed E-state index contributed by atoms with van der Waals surface area (Å²) in [5.74, 6) is 0. The van der Waals surface area contributed by atoms with Gasteiger partial charge in [-0.1, -0.05) is 54.6 Å². The maximum Gasteiger partial charge on any atom is 0.0515 e. The van der Waals surface area contributed by atoms with Crippen LogP contribution in [0.15, 0.2) is 60.7 Å². The molecule has 20 heavy (non-hydrogen) atoms. The van der Waals surface area contributed by atoms with E-state index in [4.69, 9.17) is 0 Å². The third-order valence-corrected chi connectivity index (χ3v) is 4.23. The molecule has 2 aromatic carbocycles. The van der Waals surface area contributed by atoms with Crippen molar-refractivity contribution in [3.8, 4) is 22.5 Å². The Morgan fingerprint density at radius 1 is 0.900 bits per heavy atom. The van der Waals surface area contributed by atoms with Crippen molar-refractivity contribution in [1.29, 1.82) is 0 Å².